The molecule has 0 aliphatic carbocycles. The van der Waals surface area contributed by atoms with Crippen molar-refractivity contribution in [2.45, 2.75) is 25.8 Å². The van der Waals surface area contributed by atoms with Crippen molar-refractivity contribution in [3.63, 3.8) is 0 Å². The van der Waals surface area contributed by atoms with Crippen LogP contribution in [0.1, 0.15) is 18.4 Å². The largest absolute Gasteiger partial charge is 0.313 e. The highest BCUT2D eigenvalue weighted by Gasteiger charge is 2.22. The molecule has 0 amide bonds. The predicted octanol–water partition coefficient (Wildman–Crippen LogP) is 2.09. The summed E-state index contributed by atoms with van der Waals surface area (Å²) >= 11 is 2.20. The minimum absolute atomic E-state index is 0.0885. The van der Waals surface area contributed by atoms with E-state index in [1.165, 1.54) is 0 Å². The van der Waals surface area contributed by atoms with Crippen LogP contribution in [0.5, 0.6) is 0 Å². The minimum atomic E-state index is -3.27. The average Bonchev–Trinajstić information content (AvgIpc) is 2.76. The van der Waals surface area contributed by atoms with E-state index in [-0.39, 0.29) is 11.8 Å². The smallest absolute Gasteiger partial charge is 0.234 e. The molecule has 2 N–H and O–H groups in total. The van der Waals surface area contributed by atoms with Crippen molar-refractivity contribution in [3.8, 4) is 0 Å². The predicted molar refractivity (Wildman–Crippen MR) is 82.3 cm³/mol. The molecule has 2 rings (SSSR count). The first-order valence-corrected chi connectivity index (χ1v) is 8.70. The van der Waals surface area contributed by atoms with Crippen LogP contribution in [0.25, 0.3) is 0 Å². The Balaban J connectivity index is 2.09. The molecular weight excluding hydrogens is 363 g/mol. The topological polar surface area (TPSA) is 58.2 Å². The van der Waals surface area contributed by atoms with Gasteiger partial charge in [-0.2, -0.15) is 0 Å². The van der Waals surface area contributed by atoms with Crippen molar-refractivity contribution in [2.75, 3.05) is 17.0 Å². The summed E-state index contributed by atoms with van der Waals surface area (Å²) in [5.74, 6) is 0.151. The van der Waals surface area contributed by atoms with E-state index in [1.54, 1.807) is 6.07 Å². The third-order valence-electron chi connectivity index (χ3n) is 3.12. The summed E-state index contributed by atoms with van der Waals surface area (Å²) in [6.45, 7) is 2.84. The zero-order valence-electron chi connectivity index (χ0n) is 10.2. The second kappa shape index (κ2) is 5.75. The van der Waals surface area contributed by atoms with Gasteiger partial charge in [-0.05, 0) is 66.6 Å². The molecule has 1 unspecified atom stereocenters. The molecule has 0 aromatic heterocycles. The number of benzene rings is 1. The molecule has 1 atom stereocenters. The summed E-state index contributed by atoms with van der Waals surface area (Å²) in [4.78, 5) is 0. The van der Waals surface area contributed by atoms with Gasteiger partial charge < -0.3 is 5.32 Å². The van der Waals surface area contributed by atoms with Gasteiger partial charge in [0.1, 0.15) is 0 Å². The lowest BCUT2D eigenvalue weighted by atomic mass is 10.2. The molecule has 1 heterocycles. The highest BCUT2D eigenvalue weighted by atomic mass is 127. The number of rotatable bonds is 4. The highest BCUT2D eigenvalue weighted by Crippen LogP contribution is 2.22. The second-order valence-electron chi connectivity index (χ2n) is 4.59. The van der Waals surface area contributed by atoms with Crippen molar-refractivity contribution in [1.82, 2.24) is 5.32 Å². The first kappa shape index (κ1) is 14.1. The number of hydrogen-bond acceptors (Lipinski definition) is 3. The summed E-state index contributed by atoms with van der Waals surface area (Å²) in [6, 6.07) is 5.72. The van der Waals surface area contributed by atoms with Crippen molar-refractivity contribution in [3.05, 3.63) is 27.3 Å². The van der Waals surface area contributed by atoms with Crippen molar-refractivity contribution in [2.24, 2.45) is 0 Å². The van der Waals surface area contributed by atoms with Gasteiger partial charge in [0.15, 0.2) is 0 Å². The molecule has 1 fully saturated rings. The standard InChI is InChI=1S/C12H17IN2O2S/c1-9-11(13)5-2-6-12(9)15-18(16,17)8-10-4-3-7-14-10/h2,5-6,10,14-15H,3-4,7-8H2,1H3. The molecule has 0 saturated carbocycles. The number of nitrogens with one attached hydrogen (secondary N) is 2. The van der Waals surface area contributed by atoms with Gasteiger partial charge in [0.2, 0.25) is 10.0 Å². The Labute approximate surface area is 122 Å². The van der Waals surface area contributed by atoms with Crippen LogP contribution in [0.2, 0.25) is 0 Å². The summed E-state index contributed by atoms with van der Waals surface area (Å²) < 4.78 is 27.9. The van der Waals surface area contributed by atoms with Gasteiger partial charge in [-0.1, -0.05) is 6.07 Å². The fourth-order valence-corrected chi connectivity index (χ4v) is 4.04. The van der Waals surface area contributed by atoms with E-state index in [9.17, 15) is 8.42 Å². The van der Waals surface area contributed by atoms with E-state index in [1.807, 2.05) is 19.1 Å². The lowest BCUT2D eigenvalue weighted by Crippen LogP contribution is -2.33. The zero-order chi connectivity index (χ0) is 13.2. The fraction of sp³-hybridized carbons (Fsp3) is 0.500. The van der Waals surface area contributed by atoms with E-state index in [2.05, 4.69) is 32.6 Å². The Hall–Kier alpha value is -0.340. The normalized spacial score (nSPS) is 20.0. The second-order valence-corrected chi connectivity index (χ2v) is 7.52. The van der Waals surface area contributed by atoms with Crippen molar-refractivity contribution >= 4 is 38.3 Å². The average molecular weight is 380 g/mol. The van der Waals surface area contributed by atoms with Crippen molar-refractivity contribution < 1.29 is 8.42 Å². The maximum absolute atomic E-state index is 12.1. The molecule has 100 valence electrons. The fourth-order valence-electron chi connectivity index (χ4n) is 2.09. The Bertz CT molecular complexity index is 525. The van der Waals surface area contributed by atoms with Gasteiger partial charge in [0, 0.05) is 9.61 Å². The highest BCUT2D eigenvalue weighted by molar-refractivity contribution is 14.1. The molecule has 1 saturated heterocycles. The molecule has 0 bridgehead atoms. The zero-order valence-corrected chi connectivity index (χ0v) is 13.2. The van der Waals surface area contributed by atoms with Crippen LogP contribution in [0, 0.1) is 10.5 Å². The first-order valence-electron chi connectivity index (χ1n) is 5.97. The lowest BCUT2D eigenvalue weighted by Gasteiger charge is -2.14. The third-order valence-corrected chi connectivity index (χ3v) is 5.66. The van der Waals surface area contributed by atoms with Gasteiger partial charge in [0.05, 0.1) is 11.4 Å². The summed E-state index contributed by atoms with van der Waals surface area (Å²) in [5, 5.41) is 3.20. The number of hydrogen-bond donors (Lipinski definition) is 2. The number of sulfonamides is 1. The summed E-state index contributed by atoms with van der Waals surface area (Å²) in [7, 11) is -3.27. The van der Waals surface area contributed by atoms with E-state index in [0.29, 0.717) is 5.69 Å². The van der Waals surface area contributed by atoms with Gasteiger partial charge >= 0.3 is 0 Å². The Morgan fingerprint density at radius 3 is 2.94 bits per heavy atom. The molecule has 18 heavy (non-hydrogen) atoms. The summed E-state index contributed by atoms with van der Waals surface area (Å²) in [5.41, 5.74) is 1.65. The Morgan fingerprint density at radius 2 is 2.28 bits per heavy atom. The van der Waals surface area contributed by atoms with Gasteiger partial charge in [-0.3, -0.25) is 4.72 Å². The monoisotopic (exact) mass is 380 g/mol. The van der Waals surface area contributed by atoms with Gasteiger partial charge in [0.25, 0.3) is 0 Å². The molecule has 4 nitrogen and oxygen atoms in total. The first-order chi connectivity index (χ1) is 8.48. The molecule has 1 aliphatic rings. The molecular formula is C12H17IN2O2S. The third kappa shape index (κ3) is 3.58. The minimum Gasteiger partial charge on any atom is -0.313 e. The Morgan fingerprint density at radius 1 is 1.50 bits per heavy atom. The van der Waals surface area contributed by atoms with Crippen molar-refractivity contribution in [1.29, 1.82) is 0 Å². The van der Waals surface area contributed by atoms with Gasteiger partial charge in [-0.25, -0.2) is 8.42 Å². The van der Waals surface area contributed by atoms with E-state index >= 15 is 0 Å². The molecule has 6 heteroatoms. The molecule has 0 spiro atoms. The lowest BCUT2D eigenvalue weighted by molar-refractivity contribution is 0.581. The molecule has 1 aliphatic heterocycles. The number of halogens is 1. The summed E-state index contributed by atoms with van der Waals surface area (Å²) in [6.07, 6.45) is 1.99. The van der Waals surface area contributed by atoms with Crippen LogP contribution in [0.15, 0.2) is 18.2 Å². The SMILES string of the molecule is Cc1c(I)cccc1NS(=O)(=O)CC1CCCN1. The van der Waals surface area contributed by atoms with Crippen LogP contribution < -0.4 is 10.0 Å². The molecule has 0 radical (unpaired) electrons. The van der Waals surface area contributed by atoms with Crippen LogP contribution in [-0.2, 0) is 10.0 Å². The number of anilines is 1. The maximum atomic E-state index is 12.1. The maximum Gasteiger partial charge on any atom is 0.234 e. The van der Waals surface area contributed by atoms with E-state index in [0.717, 1.165) is 28.5 Å². The Kier molecular flexibility index (Phi) is 4.50. The van der Waals surface area contributed by atoms with Crippen LogP contribution in [0.3, 0.4) is 0 Å². The van der Waals surface area contributed by atoms with E-state index in [4.69, 9.17) is 0 Å². The van der Waals surface area contributed by atoms with Crippen LogP contribution in [0.4, 0.5) is 5.69 Å². The molecule has 1 aromatic carbocycles. The van der Waals surface area contributed by atoms with Crippen LogP contribution >= 0.6 is 22.6 Å². The van der Waals surface area contributed by atoms with Crippen LogP contribution in [-0.4, -0.2) is 26.8 Å². The van der Waals surface area contributed by atoms with Gasteiger partial charge in [-0.15, -0.1) is 0 Å². The quantitative estimate of drug-likeness (QED) is 0.787. The van der Waals surface area contributed by atoms with E-state index < -0.39 is 10.0 Å². The molecule has 1 aromatic rings.